The Bertz CT molecular complexity index is 574. The lowest BCUT2D eigenvalue weighted by Gasteiger charge is -2.30. The fourth-order valence-electron chi connectivity index (χ4n) is 2.72. The van der Waals surface area contributed by atoms with Crippen LogP contribution in [0.25, 0.3) is 0 Å². The van der Waals surface area contributed by atoms with Crippen molar-refractivity contribution < 1.29 is 14.0 Å². The SMILES string of the molecule is O=C1CN(C(=O)CN(Cc2ccccc2F)C2CC2)CCN1. The number of nitrogens with zero attached hydrogens (tertiary/aromatic N) is 2. The molecule has 1 aliphatic carbocycles. The van der Waals surface area contributed by atoms with Gasteiger partial charge in [0.2, 0.25) is 11.8 Å². The van der Waals surface area contributed by atoms with Gasteiger partial charge in [0.1, 0.15) is 5.82 Å². The molecule has 3 rings (SSSR count). The first kappa shape index (κ1) is 15.0. The van der Waals surface area contributed by atoms with Crippen molar-refractivity contribution in [3.8, 4) is 0 Å². The van der Waals surface area contributed by atoms with Gasteiger partial charge in [-0.3, -0.25) is 14.5 Å². The van der Waals surface area contributed by atoms with Crippen LogP contribution in [0.15, 0.2) is 24.3 Å². The van der Waals surface area contributed by atoms with Crippen LogP contribution < -0.4 is 5.32 Å². The summed E-state index contributed by atoms with van der Waals surface area (Å²) in [7, 11) is 0. The van der Waals surface area contributed by atoms with Crippen molar-refractivity contribution in [3.63, 3.8) is 0 Å². The smallest absolute Gasteiger partial charge is 0.239 e. The first-order valence-corrected chi connectivity index (χ1v) is 7.65. The lowest BCUT2D eigenvalue weighted by atomic mass is 10.2. The normalized spacial score (nSPS) is 18.5. The molecule has 1 aromatic rings. The summed E-state index contributed by atoms with van der Waals surface area (Å²) in [6, 6.07) is 7.01. The minimum absolute atomic E-state index is 0.0573. The van der Waals surface area contributed by atoms with Crippen LogP contribution in [-0.2, 0) is 16.1 Å². The summed E-state index contributed by atoms with van der Waals surface area (Å²) in [6.07, 6.45) is 2.09. The standard InChI is InChI=1S/C16H20FN3O2/c17-14-4-2-1-3-12(14)9-20(13-5-6-13)11-16(22)19-8-7-18-15(21)10-19/h1-4,13H,5-11H2,(H,18,21). The van der Waals surface area contributed by atoms with Gasteiger partial charge in [0.15, 0.2) is 0 Å². The Hall–Kier alpha value is -1.95. The van der Waals surface area contributed by atoms with Gasteiger partial charge in [-0.15, -0.1) is 0 Å². The van der Waals surface area contributed by atoms with E-state index in [4.69, 9.17) is 0 Å². The van der Waals surface area contributed by atoms with Crippen LogP contribution in [0.1, 0.15) is 18.4 Å². The Labute approximate surface area is 129 Å². The number of piperazine rings is 1. The second-order valence-corrected chi connectivity index (χ2v) is 5.89. The van der Waals surface area contributed by atoms with E-state index in [2.05, 4.69) is 5.32 Å². The number of hydrogen-bond acceptors (Lipinski definition) is 3. The third kappa shape index (κ3) is 3.62. The van der Waals surface area contributed by atoms with E-state index in [0.717, 1.165) is 12.8 Å². The Balaban J connectivity index is 1.63. The van der Waals surface area contributed by atoms with Gasteiger partial charge in [-0.2, -0.15) is 0 Å². The summed E-state index contributed by atoms with van der Waals surface area (Å²) in [6.45, 7) is 1.84. The van der Waals surface area contributed by atoms with E-state index in [1.807, 2.05) is 4.90 Å². The highest BCUT2D eigenvalue weighted by atomic mass is 19.1. The van der Waals surface area contributed by atoms with Crippen molar-refractivity contribution in [1.82, 2.24) is 15.1 Å². The van der Waals surface area contributed by atoms with E-state index in [1.54, 1.807) is 23.1 Å². The van der Waals surface area contributed by atoms with Gasteiger partial charge in [-0.05, 0) is 18.9 Å². The highest BCUT2D eigenvalue weighted by molar-refractivity contribution is 5.86. The molecule has 1 saturated carbocycles. The van der Waals surface area contributed by atoms with Gasteiger partial charge in [0.25, 0.3) is 0 Å². The molecule has 0 bridgehead atoms. The topological polar surface area (TPSA) is 52.7 Å². The Morgan fingerprint density at radius 3 is 2.82 bits per heavy atom. The van der Waals surface area contributed by atoms with Crippen molar-refractivity contribution in [2.75, 3.05) is 26.2 Å². The first-order valence-electron chi connectivity index (χ1n) is 7.65. The average molecular weight is 305 g/mol. The van der Waals surface area contributed by atoms with Crippen molar-refractivity contribution in [3.05, 3.63) is 35.6 Å². The van der Waals surface area contributed by atoms with Crippen LogP contribution in [0.3, 0.4) is 0 Å². The predicted molar refractivity (Wildman–Crippen MR) is 79.4 cm³/mol. The Kier molecular flexibility index (Phi) is 4.38. The van der Waals surface area contributed by atoms with Crippen LogP contribution >= 0.6 is 0 Å². The summed E-state index contributed by atoms with van der Waals surface area (Å²) >= 11 is 0. The van der Waals surface area contributed by atoms with E-state index >= 15 is 0 Å². The number of hydrogen-bond donors (Lipinski definition) is 1. The number of nitrogens with one attached hydrogen (secondary N) is 1. The molecular formula is C16H20FN3O2. The van der Waals surface area contributed by atoms with Gasteiger partial charge in [0.05, 0.1) is 13.1 Å². The third-order valence-electron chi connectivity index (χ3n) is 4.12. The second kappa shape index (κ2) is 6.44. The maximum Gasteiger partial charge on any atom is 0.239 e. The van der Waals surface area contributed by atoms with E-state index in [9.17, 15) is 14.0 Å². The fraction of sp³-hybridized carbons (Fsp3) is 0.500. The van der Waals surface area contributed by atoms with Crippen LogP contribution in [0.4, 0.5) is 4.39 Å². The van der Waals surface area contributed by atoms with Gasteiger partial charge in [0, 0.05) is 31.2 Å². The summed E-state index contributed by atoms with van der Waals surface area (Å²) in [5.74, 6) is -0.414. The monoisotopic (exact) mass is 305 g/mol. The van der Waals surface area contributed by atoms with E-state index in [0.29, 0.717) is 31.2 Å². The molecule has 1 N–H and O–H groups in total. The molecule has 1 aliphatic heterocycles. The van der Waals surface area contributed by atoms with Gasteiger partial charge >= 0.3 is 0 Å². The van der Waals surface area contributed by atoms with Gasteiger partial charge in [-0.1, -0.05) is 18.2 Å². The van der Waals surface area contributed by atoms with Crippen LogP contribution in [-0.4, -0.2) is 53.8 Å². The zero-order chi connectivity index (χ0) is 15.5. The number of carbonyl (C=O) groups is 2. The molecule has 0 spiro atoms. The number of halogens is 1. The lowest BCUT2D eigenvalue weighted by molar-refractivity contribution is -0.139. The minimum atomic E-state index is -0.238. The van der Waals surface area contributed by atoms with E-state index in [-0.39, 0.29) is 30.7 Å². The zero-order valence-corrected chi connectivity index (χ0v) is 12.4. The maximum absolute atomic E-state index is 13.8. The molecule has 2 amide bonds. The molecule has 1 aromatic carbocycles. The molecule has 2 aliphatic rings. The highest BCUT2D eigenvalue weighted by Crippen LogP contribution is 2.28. The first-order chi connectivity index (χ1) is 10.6. The molecule has 2 fully saturated rings. The van der Waals surface area contributed by atoms with Crippen molar-refractivity contribution in [2.24, 2.45) is 0 Å². The van der Waals surface area contributed by atoms with Crippen LogP contribution in [0.2, 0.25) is 0 Å². The Morgan fingerprint density at radius 2 is 2.14 bits per heavy atom. The molecule has 6 heteroatoms. The van der Waals surface area contributed by atoms with Gasteiger partial charge in [-0.25, -0.2) is 4.39 Å². The highest BCUT2D eigenvalue weighted by Gasteiger charge is 2.32. The van der Waals surface area contributed by atoms with Crippen molar-refractivity contribution >= 4 is 11.8 Å². The van der Waals surface area contributed by atoms with Crippen molar-refractivity contribution in [2.45, 2.75) is 25.4 Å². The third-order valence-corrected chi connectivity index (χ3v) is 4.12. The molecule has 0 unspecified atom stereocenters. The predicted octanol–water partition coefficient (Wildman–Crippen LogP) is 0.748. The molecule has 0 atom stereocenters. The number of rotatable bonds is 5. The number of benzene rings is 1. The molecule has 5 nitrogen and oxygen atoms in total. The number of amides is 2. The molecule has 0 radical (unpaired) electrons. The molecule has 22 heavy (non-hydrogen) atoms. The lowest BCUT2D eigenvalue weighted by Crippen LogP contribution is -2.52. The van der Waals surface area contributed by atoms with Crippen LogP contribution in [0.5, 0.6) is 0 Å². The summed E-state index contributed by atoms with van der Waals surface area (Å²) in [5.41, 5.74) is 0.610. The van der Waals surface area contributed by atoms with E-state index < -0.39 is 0 Å². The van der Waals surface area contributed by atoms with Gasteiger partial charge < -0.3 is 10.2 Å². The van der Waals surface area contributed by atoms with Crippen LogP contribution in [0, 0.1) is 5.82 Å². The molecular weight excluding hydrogens is 285 g/mol. The average Bonchev–Trinajstić information content (AvgIpc) is 3.33. The molecule has 0 aromatic heterocycles. The fourth-order valence-corrected chi connectivity index (χ4v) is 2.72. The summed E-state index contributed by atoms with van der Waals surface area (Å²) < 4.78 is 13.8. The Morgan fingerprint density at radius 1 is 1.36 bits per heavy atom. The zero-order valence-electron chi connectivity index (χ0n) is 12.4. The molecule has 1 heterocycles. The van der Waals surface area contributed by atoms with E-state index in [1.165, 1.54) is 6.07 Å². The minimum Gasteiger partial charge on any atom is -0.353 e. The summed E-state index contributed by atoms with van der Waals surface area (Å²) in [5, 5.41) is 2.71. The summed E-state index contributed by atoms with van der Waals surface area (Å²) in [4.78, 5) is 27.3. The largest absolute Gasteiger partial charge is 0.353 e. The second-order valence-electron chi connectivity index (χ2n) is 5.89. The molecule has 118 valence electrons. The quantitative estimate of drug-likeness (QED) is 0.873. The number of carbonyl (C=O) groups excluding carboxylic acids is 2. The van der Waals surface area contributed by atoms with Crippen molar-refractivity contribution in [1.29, 1.82) is 0 Å². The molecule has 1 saturated heterocycles. The maximum atomic E-state index is 13.8.